The van der Waals surface area contributed by atoms with Gasteiger partial charge in [-0.15, -0.1) is 0 Å². The molecule has 0 saturated heterocycles. The van der Waals surface area contributed by atoms with Crippen molar-refractivity contribution >= 4 is 0 Å². The molecule has 0 aliphatic carbocycles. The maximum atomic E-state index is 11.4. The molecule has 2 rings (SSSR count). The second-order valence-corrected chi connectivity index (χ2v) is 3.15. The number of aliphatic hydroxyl groups excluding tert-OH is 1. The van der Waals surface area contributed by atoms with Crippen LogP contribution in [0.3, 0.4) is 0 Å². The average molecular weight is 222 g/mol. The molecule has 0 unspecified atom stereocenters. The van der Waals surface area contributed by atoms with E-state index in [1.165, 1.54) is 24.9 Å². The fourth-order valence-corrected chi connectivity index (χ4v) is 1.16. The zero-order valence-corrected chi connectivity index (χ0v) is 8.38. The maximum absolute atomic E-state index is 11.4. The molecular weight excluding hydrogens is 212 g/mol. The number of rotatable bonds is 4. The van der Waals surface area contributed by atoms with E-state index in [-0.39, 0.29) is 30.2 Å². The van der Waals surface area contributed by atoms with Crippen molar-refractivity contribution in [3.8, 4) is 5.75 Å². The molecule has 2 aromatic rings. The lowest BCUT2D eigenvalue weighted by molar-refractivity contribution is 0.236. The Morgan fingerprint density at radius 2 is 2.25 bits per heavy atom. The molecule has 2 heterocycles. The van der Waals surface area contributed by atoms with Gasteiger partial charge in [0.05, 0.1) is 12.5 Å². The number of furan rings is 1. The summed E-state index contributed by atoms with van der Waals surface area (Å²) < 4.78 is 15.0. The quantitative estimate of drug-likeness (QED) is 0.844. The van der Waals surface area contributed by atoms with E-state index in [9.17, 15) is 4.79 Å². The zero-order chi connectivity index (χ0) is 11.4. The summed E-state index contributed by atoms with van der Waals surface area (Å²) in [4.78, 5) is 11.4. The highest BCUT2D eigenvalue weighted by molar-refractivity contribution is 5.18. The lowest BCUT2D eigenvalue weighted by atomic mass is 10.3. The number of ether oxygens (including phenoxy) is 1. The molecule has 0 bridgehead atoms. The van der Waals surface area contributed by atoms with Crippen LogP contribution in [-0.2, 0) is 13.2 Å². The number of hydrogen-bond acceptors (Lipinski definition) is 5. The molecule has 84 valence electrons. The fraction of sp³-hybridized carbons (Fsp3) is 0.182. The Hall–Kier alpha value is -2.01. The third kappa shape index (κ3) is 2.32. The van der Waals surface area contributed by atoms with Crippen molar-refractivity contribution in [3.05, 3.63) is 52.5 Å². The molecule has 0 aromatic carbocycles. The van der Waals surface area contributed by atoms with Crippen LogP contribution in [0.2, 0.25) is 0 Å². The summed E-state index contributed by atoms with van der Waals surface area (Å²) in [5, 5.41) is 8.75. The minimum absolute atomic E-state index is 0.110. The van der Waals surface area contributed by atoms with Gasteiger partial charge in [-0.25, -0.2) is 0 Å². The van der Waals surface area contributed by atoms with Gasteiger partial charge in [-0.1, -0.05) is 0 Å². The van der Waals surface area contributed by atoms with E-state index >= 15 is 0 Å². The summed E-state index contributed by atoms with van der Waals surface area (Å²) in [6.45, 7) is -0.0724. The first-order valence-corrected chi connectivity index (χ1v) is 4.66. The molecule has 0 spiro atoms. The molecule has 5 heteroatoms. The largest absolute Gasteiger partial charge is 0.482 e. The maximum Gasteiger partial charge on any atom is 0.227 e. The lowest BCUT2D eigenvalue weighted by Crippen LogP contribution is -2.07. The topological polar surface area (TPSA) is 72.8 Å². The molecule has 5 nitrogen and oxygen atoms in total. The van der Waals surface area contributed by atoms with Gasteiger partial charge < -0.3 is 18.7 Å². The molecule has 1 N–H and O–H groups in total. The lowest BCUT2D eigenvalue weighted by Gasteiger charge is -2.03. The van der Waals surface area contributed by atoms with E-state index in [0.29, 0.717) is 0 Å². The van der Waals surface area contributed by atoms with Crippen LogP contribution in [0.15, 0.2) is 44.6 Å². The van der Waals surface area contributed by atoms with E-state index < -0.39 is 0 Å². The standard InChI is InChI=1S/C11H10O5/c12-4-9-3-10(13)11(7-15-9)16-6-8-1-2-14-5-8/h1-3,5,7,12H,4,6H2. The smallest absolute Gasteiger partial charge is 0.227 e. The van der Waals surface area contributed by atoms with Gasteiger partial charge >= 0.3 is 0 Å². The summed E-state index contributed by atoms with van der Waals surface area (Å²) in [5.41, 5.74) is 0.504. The van der Waals surface area contributed by atoms with Gasteiger partial charge in [-0.05, 0) is 6.07 Å². The highest BCUT2D eigenvalue weighted by Gasteiger charge is 2.04. The summed E-state index contributed by atoms with van der Waals surface area (Å²) in [7, 11) is 0. The minimum atomic E-state index is -0.321. The van der Waals surface area contributed by atoms with Gasteiger partial charge in [0, 0.05) is 11.6 Å². The van der Waals surface area contributed by atoms with Crippen molar-refractivity contribution in [1.82, 2.24) is 0 Å². The second-order valence-electron chi connectivity index (χ2n) is 3.15. The predicted octanol–water partition coefficient (Wildman–Crippen LogP) is 1.30. The first-order valence-electron chi connectivity index (χ1n) is 4.66. The van der Waals surface area contributed by atoms with Crippen molar-refractivity contribution in [3.63, 3.8) is 0 Å². The molecule has 0 amide bonds. The molecule has 0 fully saturated rings. The molecule has 0 aliphatic heterocycles. The van der Waals surface area contributed by atoms with E-state index in [4.69, 9.17) is 18.7 Å². The van der Waals surface area contributed by atoms with Gasteiger partial charge in [0.15, 0.2) is 0 Å². The first-order chi connectivity index (χ1) is 7.79. The van der Waals surface area contributed by atoms with Crippen molar-refractivity contribution in [2.24, 2.45) is 0 Å². The van der Waals surface area contributed by atoms with Crippen LogP contribution in [0, 0.1) is 0 Å². The average Bonchev–Trinajstić information content (AvgIpc) is 2.80. The van der Waals surface area contributed by atoms with Crippen molar-refractivity contribution in [2.45, 2.75) is 13.2 Å². The van der Waals surface area contributed by atoms with Gasteiger partial charge in [-0.3, -0.25) is 4.79 Å². The normalized spacial score (nSPS) is 10.3. The van der Waals surface area contributed by atoms with E-state index in [2.05, 4.69) is 0 Å². The number of hydrogen-bond donors (Lipinski definition) is 1. The van der Waals surface area contributed by atoms with E-state index in [1.54, 1.807) is 6.07 Å². The molecule has 0 aliphatic rings. The van der Waals surface area contributed by atoms with Crippen molar-refractivity contribution in [2.75, 3.05) is 0 Å². The highest BCUT2D eigenvalue weighted by atomic mass is 16.5. The SMILES string of the molecule is O=c1cc(CO)occ1OCc1ccoc1. The Bertz CT molecular complexity index is 497. The Kier molecular flexibility index (Phi) is 3.07. The highest BCUT2D eigenvalue weighted by Crippen LogP contribution is 2.09. The monoisotopic (exact) mass is 222 g/mol. The van der Waals surface area contributed by atoms with Crippen LogP contribution >= 0.6 is 0 Å². The third-order valence-corrected chi connectivity index (χ3v) is 1.98. The predicted molar refractivity (Wildman–Crippen MR) is 53.9 cm³/mol. The van der Waals surface area contributed by atoms with Gasteiger partial charge in [0.1, 0.15) is 25.2 Å². The molecular formula is C11H10O5. The summed E-state index contributed by atoms with van der Waals surface area (Å²) in [6.07, 6.45) is 4.24. The first kappa shape index (κ1) is 10.5. The Balaban J connectivity index is 2.07. The van der Waals surface area contributed by atoms with E-state index in [0.717, 1.165) is 5.56 Å². The Morgan fingerprint density at radius 3 is 2.88 bits per heavy atom. The summed E-state index contributed by atoms with van der Waals surface area (Å²) in [6, 6.07) is 2.94. The second kappa shape index (κ2) is 4.67. The Morgan fingerprint density at radius 1 is 1.38 bits per heavy atom. The van der Waals surface area contributed by atoms with Crippen LogP contribution < -0.4 is 10.2 Å². The summed E-state index contributed by atoms with van der Waals surface area (Å²) in [5.74, 6) is 0.319. The third-order valence-electron chi connectivity index (χ3n) is 1.98. The van der Waals surface area contributed by atoms with Crippen molar-refractivity contribution < 1.29 is 18.7 Å². The van der Waals surface area contributed by atoms with Crippen LogP contribution in [-0.4, -0.2) is 5.11 Å². The number of aliphatic hydroxyl groups is 1. The van der Waals surface area contributed by atoms with Gasteiger partial charge in [0.25, 0.3) is 0 Å². The molecule has 2 aromatic heterocycles. The molecule has 0 atom stereocenters. The molecule has 0 saturated carbocycles. The molecule has 0 radical (unpaired) electrons. The van der Waals surface area contributed by atoms with Crippen LogP contribution in [0.5, 0.6) is 5.75 Å². The van der Waals surface area contributed by atoms with Crippen LogP contribution in [0.4, 0.5) is 0 Å². The zero-order valence-electron chi connectivity index (χ0n) is 8.38. The van der Waals surface area contributed by atoms with Crippen molar-refractivity contribution in [1.29, 1.82) is 0 Å². The van der Waals surface area contributed by atoms with E-state index in [1.807, 2.05) is 0 Å². The molecule has 16 heavy (non-hydrogen) atoms. The Labute approximate surface area is 90.9 Å². The van der Waals surface area contributed by atoms with Gasteiger partial charge in [0.2, 0.25) is 11.2 Å². The summed E-state index contributed by atoms with van der Waals surface area (Å²) >= 11 is 0. The van der Waals surface area contributed by atoms with Crippen LogP contribution in [0.25, 0.3) is 0 Å². The van der Waals surface area contributed by atoms with Crippen LogP contribution in [0.1, 0.15) is 11.3 Å². The van der Waals surface area contributed by atoms with Gasteiger partial charge in [-0.2, -0.15) is 0 Å². The fourth-order valence-electron chi connectivity index (χ4n) is 1.16. The minimum Gasteiger partial charge on any atom is -0.482 e.